The van der Waals surface area contributed by atoms with Gasteiger partial charge >= 0.3 is 0 Å². The first kappa shape index (κ1) is 25.8. The topological polar surface area (TPSA) is 15.3 Å². The van der Waals surface area contributed by atoms with E-state index >= 15 is 0 Å². The molecule has 1 aliphatic rings. The van der Waals surface area contributed by atoms with Gasteiger partial charge in [-0.2, -0.15) is 0 Å². The molecule has 0 aliphatic carbocycles. The Morgan fingerprint density at radius 3 is 2.10 bits per heavy atom. The molecule has 0 amide bonds. The van der Waals surface area contributed by atoms with E-state index in [0.717, 1.165) is 12.5 Å². The molecule has 2 aromatic rings. The van der Waals surface area contributed by atoms with Gasteiger partial charge in [-0.15, -0.1) is 24.8 Å². The number of rotatable bonds is 7. The third kappa shape index (κ3) is 8.58. The molecule has 0 unspecified atom stereocenters. The van der Waals surface area contributed by atoms with Crippen LogP contribution in [0.25, 0.3) is 0 Å². The molecule has 162 valence electrons. The number of likely N-dealkylation sites (tertiary alicyclic amines) is 1. The second-order valence-corrected chi connectivity index (χ2v) is 9.08. The summed E-state index contributed by atoms with van der Waals surface area (Å²) < 4.78 is 0. The van der Waals surface area contributed by atoms with Gasteiger partial charge in [0, 0.05) is 12.2 Å². The summed E-state index contributed by atoms with van der Waals surface area (Å²) in [6.07, 6.45) is 5.15. The molecule has 2 nitrogen and oxygen atoms in total. The zero-order chi connectivity index (χ0) is 19.1. The minimum Gasteiger partial charge on any atom is -0.385 e. The summed E-state index contributed by atoms with van der Waals surface area (Å²) in [6, 6.07) is 19.9. The van der Waals surface area contributed by atoms with Crippen LogP contribution in [0.5, 0.6) is 0 Å². The van der Waals surface area contributed by atoms with E-state index in [1.807, 2.05) is 0 Å². The maximum absolute atomic E-state index is 3.58. The van der Waals surface area contributed by atoms with Gasteiger partial charge in [0.1, 0.15) is 0 Å². The molecule has 1 aliphatic heterocycles. The van der Waals surface area contributed by atoms with Gasteiger partial charge in [0.25, 0.3) is 0 Å². The predicted octanol–water partition coefficient (Wildman–Crippen LogP) is 6.58. The summed E-state index contributed by atoms with van der Waals surface area (Å²) in [5, 5.41) is 3.58. The lowest BCUT2D eigenvalue weighted by Crippen LogP contribution is -2.35. The molecule has 1 heterocycles. The van der Waals surface area contributed by atoms with Crippen LogP contribution in [0.3, 0.4) is 0 Å². The minimum absolute atomic E-state index is 0. The van der Waals surface area contributed by atoms with Crippen molar-refractivity contribution in [1.29, 1.82) is 0 Å². The molecule has 0 spiro atoms. The molecule has 0 atom stereocenters. The van der Waals surface area contributed by atoms with E-state index in [9.17, 15) is 0 Å². The lowest BCUT2D eigenvalue weighted by Gasteiger charge is -2.32. The molecular formula is C25H38Cl2N2. The van der Waals surface area contributed by atoms with E-state index in [0.29, 0.717) is 0 Å². The van der Waals surface area contributed by atoms with Crippen LogP contribution >= 0.6 is 24.8 Å². The van der Waals surface area contributed by atoms with Crippen molar-refractivity contribution in [2.75, 3.05) is 31.5 Å². The monoisotopic (exact) mass is 436 g/mol. The summed E-state index contributed by atoms with van der Waals surface area (Å²) in [5.41, 5.74) is 4.36. The van der Waals surface area contributed by atoms with E-state index < -0.39 is 0 Å². The number of nitrogens with zero attached hydrogens (tertiary/aromatic N) is 1. The van der Waals surface area contributed by atoms with Gasteiger partial charge in [-0.1, -0.05) is 63.2 Å². The first-order chi connectivity index (χ1) is 13.0. The highest BCUT2D eigenvalue weighted by Gasteiger charge is 2.19. The number of benzene rings is 2. The van der Waals surface area contributed by atoms with Gasteiger partial charge in [0.15, 0.2) is 0 Å². The molecule has 0 radical (unpaired) electrons. The Morgan fingerprint density at radius 1 is 0.897 bits per heavy atom. The van der Waals surface area contributed by atoms with Gasteiger partial charge in [0.05, 0.1) is 0 Å². The smallest absolute Gasteiger partial charge is 0.0340 e. The largest absolute Gasteiger partial charge is 0.385 e. The maximum atomic E-state index is 3.58. The Bertz CT molecular complexity index is 672. The maximum Gasteiger partial charge on any atom is 0.0340 e. The van der Waals surface area contributed by atoms with E-state index in [1.165, 1.54) is 62.1 Å². The van der Waals surface area contributed by atoms with Crippen molar-refractivity contribution in [3.63, 3.8) is 0 Å². The highest BCUT2D eigenvalue weighted by molar-refractivity contribution is 5.85. The number of piperidine rings is 1. The lowest BCUT2D eigenvalue weighted by atomic mass is 9.87. The van der Waals surface area contributed by atoms with E-state index in [4.69, 9.17) is 0 Å². The number of halogens is 2. The zero-order valence-corrected chi connectivity index (χ0v) is 19.8. The normalized spacial score (nSPS) is 15.3. The lowest BCUT2D eigenvalue weighted by molar-refractivity contribution is 0.183. The molecule has 3 rings (SSSR count). The van der Waals surface area contributed by atoms with Gasteiger partial charge in [0.2, 0.25) is 0 Å². The number of hydrogen-bond donors (Lipinski definition) is 1. The van der Waals surface area contributed by atoms with Crippen LogP contribution < -0.4 is 5.32 Å². The van der Waals surface area contributed by atoms with Crippen molar-refractivity contribution in [2.45, 2.75) is 51.9 Å². The SMILES string of the molecule is CC(C)(C)c1ccc(NCCCN2CCC(Cc3ccccc3)CC2)cc1.Cl.Cl. The number of nitrogens with one attached hydrogen (secondary N) is 1. The quantitative estimate of drug-likeness (QED) is 0.492. The highest BCUT2D eigenvalue weighted by atomic mass is 35.5. The Hall–Kier alpha value is -1.22. The molecule has 4 heteroatoms. The Morgan fingerprint density at radius 2 is 1.52 bits per heavy atom. The molecule has 1 N–H and O–H groups in total. The highest BCUT2D eigenvalue weighted by Crippen LogP contribution is 2.24. The third-order valence-corrected chi connectivity index (χ3v) is 5.81. The molecular weight excluding hydrogens is 399 g/mol. The average molecular weight is 437 g/mol. The summed E-state index contributed by atoms with van der Waals surface area (Å²) in [5.74, 6) is 0.864. The van der Waals surface area contributed by atoms with Gasteiger partial charge in [-0.3, -0.25) is 0 Å². The fraction of sp³-hybridized carbons (Fsp3) is 0.520. The van der Waals surface area contributed by atoms with Crippen LogP contribution in [0.1, 0.15) is 51.2 Å². The van der Waals surface area contributed by atoms with E-state index in [2.05, 4.69) is 85.6 Å². The summed E-state index contributed by atoms with van der Waals surface area (Å²) in [6.45, 7) is 11.6. The van der Waals surface area contributed by atoms with E-state index in [-0.39, 0.29) is 30.2 Å². The van der Waals surface area contributed by atoms with Gasteiger partial charge in [-0.25, -0.2) is 0 Å². The molecule has 0 aromatic heterocycles. The summed E-state index contributed by atoms with van der Waals surface area (Å²) in [4.78, 5) is 2.64. The molecule has 0 bridgehead atoms. The second kappa shape index (κ2) is 12.5. The number of anilines is 1. The van der Waals surface area contributed by atoms with Crippen molar-refractivity contribution >= 4 is 30.5 Å². The van der Waals surface area contributed by atoms with Crippen LogP contribution in [-0.2, 0) is 11.8 Å². The van der Waals surface area contributed by atoms with Crippen LogP contribution in [0.4, 0.5) is 5.69 Å². The van der Waals surface area contributed by atoms with Crippen molar-refractivity contribution in [3.8, 4) is 0 Å². The molecule has 1 fully saturated rings. The Kier molecular flexibility index (Phi) is 11.1. The van der Waals surface area contributed by atoms with Crippen LogP contribution in [-0.4, -0.2) is 31.1 Å². The summed E-state index contributed by atoms with van der Waals surface area (Å²) >= 11 is 0. The van der Waals surface area contributed by atoms with Gasteiger partial charge < -0.3 is 10.2 Å². The van der Waals surface area contributed by atoms with Crippen molar-refractivity contribution < 1.29 is 0 Å². The van der Waals surface area contributed by atoms with Crippen LogP contribution in [0.2, 0.25) is 0 Å². The Balaban J connectivity index is 0.00000210. The standard InChI is InChI=1S/C25H36N2.2ClH/c1-25(2,3)23-10-12-24(13-11-23)26-16-7-17-27-18-14-22(15-19-27)20-21-8-5-4-6-9-21;;/h4-6,8-13,22,26H,7,14-20H2,1-3H3;2*1H. The van der Waals surface area contributed by atoms with Crippen molar-refractivity contribution in [1.82, 2.24) is 4.90 Å². The number of hydrogen-bond acceptors (Lipinski definition) is 2. The molecule has 2 aromatic carbocycles. The molecule has 1 saturated heterocycles. The predicted molar refractivity (Wildman–Crippen MR) is 132 cm³/mol. The minimum atomic E-state index is 0. The average Bonchev–Trinajstić information content (AvgIpc) is 2.67. The van der Waals surface area contributed by atoms with Gasteiger partial charge in [-0.05, 0) is 79.9 Å². The van der Waals surface area contributed by atoms with Crippen molar-refractivity contribution in [2.24, 2.45) is 5.92 Å². The second-order valence-electron chi connectivity index (χ2n) is 9.08. The molecule has 0 saturated carbocycles. The van der Waals surface area contributed by atoms with Crippen LogP contribution in [0, 0.1) is 5.92 Å². The van der Waals surface area contributed by atoms with Crippen molar-refractivity contribution in [3.05, 3.63) is 65.7 Å². The van der Waals surface area contributed by atoms with Crippen LogP contribution in [0.15, 0.2) is 54.6 Å². The third-order valence-electron chi connectivity index (χ3n) is 5.81. The van der Waals surface area contributed by atoms with E-state index in [1.54, 1.807) is 0 Å². The first-order valence-electron chi connectivity index (χ1n) is 10.6. The Labute approximate surface area is 190 Å². The summed E-state index contributed by atoms with van der Waals surface area (Å²) in [7, 11) is 0. The molecule has 29 heavy (non-hydrogen) atoms. The zero-order valence-electron chi connectivity index (χ0n) is 18.2. The first-order valence-corrected chi connectivity index (χ1v) is 10.6. The fourth-order valence-electron chi connectivity index (χ4n) is 3.99. The fourth-order valence-corrected chi connectivity index (χ4v) is 3.99.